The number of sulfone groups is 1. The zero-order chi connectivity index (χ0) is 38.8. The van der Waals surface area contributed by atoms with E-state index >= 15 is 0 Å². The van der Waals surface area contributed by atoms with Crippen molar-refractivity contribution < 1.29 is 36.9 Å². The number of carbonyl (C=O) groups is 1. The second-order valence-corrected chi connectivity index (χ2v) is 15.9. The van der Waals surface area contributed by atoms with E-state index in [4.69, 9.17) is 23.7 Å². The van der Waals surface area contributed by atoms with Crippen molar-refractivity contribution in [2.75, 3.05) is 58.9 Å². The highest BCUT2D eigenvalue weighted by atomic mass is 32.2. The Balaban J connectivity index is 1.10. The Labute approximate surface area is 324 Å². The third-order valence-electron chi connectivity index (χ3n) is 9.77. The van der Waals surface area contributed by atoms with Crippen molar-refractivity contribution in [3.63, 3.8) is 0 Å². The first-order chi connectivity index (χ1) is 26.6. The Hall–Kier alpha value is -4.94. The topological polar surface area (TPSA) is 104 Å². The molecule has 11 heteroatoms. The van der Waals surface area contributed by atoms with Crippen LogP contribution in [0.1, 0.15) is 26.3 Å². The molecule has 1 aliphatic heterocycles. The molecule has 0 unspecified atom stereocenters. The minimum Gasteiger partial charge on any atom is -0.492 e. The van der Waals surface area contributed by atoms with Gasteiger partial charge in [0, 0.05) is 55.5 Å². The van der Waals surface area contributed by atoms with Gasteiger partial charge in [-0.3, -0.25) is 9.80 Å². The Morgan fingerprint density at radius 3 is 2.07 bits per heavy atom. The quantitative estimate of drug-likeness (QED) is 0.0693. The van der Waals surface area contributed by atoms with E-state index in [2.05, 4.69) is 23.6 Å². The van der Waals surface area contributed by atoms with Crippen LogP contribution in [0, 0.1) is 0 Å². The van der Waals surface area contributed by atoms with Gasteiger partial charge in [0.15, 0.2) is 9.84 Å². The summed E-state index contributed by atoms with van der Waals surface area (Å²) >= 11 is 0. The van der Waals surface area contributed by atoms with Gasteiger partial charge in [-0.2, -0.15) is 0 Å². The van der Waals surface area contributed by atoms with Crippen LogP contribution in [0.25, 0.3) is 21.9 Å². The van der Waals surface area contributed by atoms with Gasteiger partial charge in [-0.15, -0.1) is 0 Å². The largest absolute Gasteiger partial charge is 0.492 e. The zero-order valence-electron chi connectivity index (χ0n) is 32.0. The first-order valence-electron chi connectivity index (χ1n) is 18.7. The molecule has 6 rings (SSSR count). The fourth-order valence-electron chi connectivity index (χ4n) is 6.76. The smallest absolute Gasteiger partial charge is 0.332 e. The number of benzene rings is 5. The van der Waals surface area contributed by atoms with Crippen molar-refractivity contribution in [3.8, 4) is 34.1 Å². The standard InChI is InChI=1S/C44H50N2O8S/c1-5-51-43(47)31-50-25-23-45-28-33(3)46(29-32(45)2)24-26-52-37-14-16-38(17-15-37)54-44-41(35-11-19-40(20-12-35)55(4,48)49)21-13-36-27-39(18-22-42(36)44)53-30-34-9-7-6-8-10-34/h6-22,27,32-33H,5,23-26,28-31H2,1-4H3/t32-,33+/m1/s1. The highest BCUT2D eigenvalue weighted by Gasteiger charge is 2.28. The predicted octanol–water partition coefficient (Wildman–Crippen LogP) is 7.63. The number of hydrogen-bond acceptors (Lipinski definition) is 10. The molecular formula is C44H50N2O8S. The highest BCUT2D eigenvalue weighted by Crippen LogP contribution is 2.41. The molecule has 5 aromatic rings. The number of rotatable bonds is 17. The van der Waals surface area contributed by atoms with Crippen molar-refractivity contribution in [2.24, 2.45) is 0 Å². The molecule has 0 spiro atoms. The number of esters is 1. The highest BCUT2D eigenvalue weighted by molar-refractivity contribution is 7.90. The van der Waals surface area contributed by atoms with Crippen LogP contribution in [-0.4, -0.2) is 95.1 Å². The molecule has 0 aromatic heterocycles. The third kappa shape index (κ3) is 10.9. The molecule has 10 nitrogen and oxygen atoms in total. The summed E-state index contributed by atoms with van der Waals surface area (Å²) < 4.78 is 53.7. The van der Waals surface area contributed by atoms with Crippen molar-refractivity contribution in [1.82, 2.24) is 9.80 Å². The number of fused-ring (bicyclic) bond motifs is 1. The fourth-order valence-corrected chi connectivity index (χ4v) is 7.39. The predicted molar refractivity (Wildman–Crippen MR) is 215 cm³/mol. The molecule has 0 radical (unpaired) electrons. The van der Waals surface area contributed by atoms with Gasteiger partial charge >= 0.3 is 5.97 Å². The molecule has 0 amide bonds. The molecule has 290 valence electrons. The molecule has 0 bridgehead atoms. The van der Waals surface area contributed by atoms with Gasteiger partial charge in [-0.25, -0.2) is 13.2 Å². The third-order valence-corrected chi connectivity index (χ3v) is 10.9. The van der Waals surface area contributed by atoms with Crippen LogP contribution in [0.15, 0.2) is 114 Å². The van der Waals surface area contributed by atoms with Crippen LogP contribution >= 0.6 is 0 Å². The molecule has 1 aliphatic rings. The lowest BCUT2D eigenvalue weighted by Gasteiger charge is -2.44. The van der Waals surface area contributed by atoms with Crippen molar-refractivity contribution in [1.29, 1.82) is 0 Å². The normalized spacial score (nSPS) is 16.5. The summed E-state index contributed by atoms with van der Waals surface area (Å²) in [6, 6.07) is 35.2. The minimum atomic E-state index is -3.34. The van der Waals surface area contributed by atoms with E-state index in [9.17, 15) is 13.2 Å². The van der Waals surface area contributed by atoms with Gasteiger partial charge < -0.3 is 23.7 Å². The number of nitrogens with zero attached hydrogens (tertiary/aromatic N) is 2. The molecular weight excluding hydrogens is 717 g/mol. The summed E-state index contributed by atoms with van der Waals surface area (Å²) in [7, 11) is -3.34. The molecule has 1 saturated heterocycles. The second-order valence-electron chi connectivity index (χ2n) is 13.9. The molecule has 5 aromatic carbocycles. The second kappa shape index (κ2) is 18.6. The first kappa shape index (κ1) is 39.7. The van der Waals surface area contributed by atoms with Gasteiger partial charge in [0.25, 0.3) is 0 Å². The van der Waals surface area contributed by atoms with E-state index in [0.29, 0.717) is 50.0 Å². The molecule has 55 heavy (non-hydrogen) atoms. The zero-order valence-corrected chi connectivity index (χ0v) is 32.8. The summed E-state index contributed by atoms with van der Waals surface area (Å²) in [4.78, 5) is 16.6. The minimum absolute atomic E-state index is 0.0116. The number of ether oxygens (including phenoxy) is 5. The molecule has 0 aliphatic carbocycles. The summed E-state index contributed by atoms with van der Waals surface area (Å²) in [5.74, 6) is 2.46. The summed E-state index contributed by atoms with van der Waals surface area (Å²) in [6.45, 7) is 11.5. The lowest BCUT2D eigenvalue weighted by atomic mass is 9.99. The first-order valence-corrected chi connectivity index (χ1v) is 20.6. The average Bonchev–Trinajstić information content (AvgIpc) is 3.18. The molecule has 0 N–H and O–H groups in total. The van der Waals surface area contributed by atoms with E-state index in [1.807, 2.05) is 97.1 Å². The van der Waals surface area contributed by atoms with Gasteiger partial charge in [0.05, 0.1) is 18.1 Å². The maximum Gasteiger partial charge on any atom is 0.332 e. The Kier molecular flexibility index (Phi) is 13.4. The fraction of sp³-hybridized carbons (Fsp3) is 0.341. The SMILES string of the molecule is CCOC(=O)COCCN1C[C@H](C)N(CCOc2ccc(Oc3c(-c4ccc(S(C)(=O)=O)cc4)ccc4cc(OCc5ccccc5)ccc34)cc2)C[C@H]1C. The van der Waals surface area contributed by atoms with E-state index in [1.54, 1.807) is 19.1 Å². The number of carbonyl (C=O) groups excluding carboxylic acids is 1. The monoisotopic (exact) mass is 766 g/mol. The maximum absolute atomic E-state index is 12.2. The number of piperazine rings is 1. The van der Waals surface area contributed by atoms with E-state index in [-0.39, 0.29) is 17.5 Å². The maximum atomic E-state index is 12.2. The van der Waals surface area contributed by atoms with Gasteiger partial charge in [0.1, 0.15) is 42.8 Å². The summed E-state index contributed by atoms with van der Waals surface area (Å²) in [6.07, 6.45) is 1.20. The van der Waals surface area contributed by atoms with Crippen LogP contribution in [-0.2, 0) is 30.7 Å². The van der Waals surface area contributed by atoms with Gasteiger partial charge in [-0.05, 0) is 97.9 Å². The van der Waals surface area contributed by atoms with Gasteiger partial charge in [0.2, 0.25) is 0 Å². The van der Waals surface area contributed by atoms with Crippen molar-refractivity contribution >= 4 is 26.6 Å². The van der Waals surface area contributed by atoms with Crippen molar-refractivity contribution in [3.05, 3.63) is 115 Å². The summed E-state index contributed by atoms with van der Waals surface area (Å²) in [5, 5.41) is 1.84. The van der Waals surface area contributed by atoms with Crippen LogP contribution in [0.2, 0.25) is 0 Å². The van der Waals surface area contributed by atoms with Crippen LogP contribution < -0.4 is 14.2 Å². The van der Waals surface area contributed by atoms with E-state index < -0.39 is 9.84 Å². The van der Waals surface area contributed by atoms with E-state index in [0.717, 1.165) is 65.1 Å². The lowest BCUT2D eigenvalue weighted by molar-refractivity contribution is -0.148. The Bertz CT molecular complexity index is 2130. The van der Waals surface area contributed by atoms with Crippen LogP contribution in [0.3, 0.4) is 0 Å². The molecule has 1 fully saturated rings. The molecule has 1 heterocycles. The average molecular weight is 767 g/mol. The Morgan fingerprint density at radius 1 is 0.745 bits per heavy atom. The van der Waals surface area contributed by atoms with Crippen LogP contribution in [0.5, 0.6) is 23.0 Å². The van der Waals surface area contributed by atoms with Crippen molar-refractivity contribution in [2.45, 2.75) is 44.4 Å². The van der Waals surface area contributed by atoms with E-state index in [1.165, 1.54) is 6.26 Å². The lowest BCUT2D eigenvalue weighted by Crippen LogP contribution is -2.57. The van der Waals surface area contributed by atoms with Crippen LogP contribution in [0.4, 0.5) is 0 Å². The Morgan fingerprint density at radius 2 is 1.40 bits per heavy atom. The molecule has 2 atom stereocenters. The van der Waals surface area contributed by atoms with Gasteiger partial charge in [-0.1, -0.05) is 48.5 Å². The number of hydrogen-bond donors (Lipinski definition) is 0. The molecule has 0 saturated carbocycles. The summed E-state index contributed by atoms with van der Waals surface area (Å²) in [5.41, 5.74) is 2.75.